The molecule has 2 rings (SSSR count). The van der Waals surface area contributed by atoms with Gasteiger partial charge in [0.2, 0.25) is 0 Å². The second-order valence-electron chi connectivity index (χ2n) is 3.84. The van der Waals surface area contributed by atoms with Crippen LogP contribution in [0.1, 0.15) is 31.2 Å². The molecular formula is C9H14BrN3. The van der Waals surface area contributed by atoms with Gasteiger partial charge in [-0.05, 0) is 28.8 Å². The highest BCUT2D eigenvalue weighted by atomic mass is 79.9. The van der Waals surface area contributed by atoms with Crippen molar-refractivity contribution in [3.63, 3.8) is 0 Å². The van der Waals surface area contributed by atoms with Crippen molar-refractivity contribution in [2.24, 2.45) is 12.8 Å². The first-order chi connectivity index (χ1) is 6.13. The molecule has 1 aliphatic carbocycles. The molecule has 0 aliphatic heterocycles. The van der Waals surface area contributed by atoms with E-state index in [1.54, 1.807) is 0 Å². The van der Waals surface area contributed by atoms with Crippen molar-refractivity contribution in [2.45, 2.75) is 31.2 Å². The molecule has 72 valence electrons. The highest BCUT2D eigenvalue weighted by molar-refractivity contribution is 9.10. The SMILES string of the molecule is Cn1ncc(C2(N)CCCC2)c1Br. The maximum absolute atomic E-state index is 6.31. The fourth-order valence-corrected chi connectivity index (χ4v) is 2.62. The maximum atomic E-state index is 6.31. The van der Waals surface area contributed by atoms with Gasteiger partial charge in [-0.15, -0.1) is 0 Å². The van der Waals surface area contributed by atoms with Crippen LogP contribution in [-0.2, 0) is 12.6 Å². The van der Waals surface area contributed by atoms with Gasteiger partial charge >= 0.3 is 0 Å². The Bertz CT molecular complexity index is 313. The predicted molar refractivity (Wildman–Crippen MR) is 55.2 cm³/mol. The van der Waals surface area contributed by atoms with Crippen LogP contribution >= 0.6 is 15.9 Å². The minimum atomic E-state index is -0.132. The average Bonchev–Trinajstić information content (AvgIpc) is 2.63. The molecule has 1 fully saturated rings. The lowest BCUT2D eigenvalue weighted by atomic mass is 9.92. The molecule has 3 nitrogen and oxygen atoms in total. The summed E-state index contributed by atoms with van der Waals surface area (Å²) in [5.74, 6) is 0. The van der Waals surface area contributed by atoms with Gasteiger partial charge < -0.3 is 5.73 Å². The summed E-state index contributed by atoms with van der Waals surface area (Å²) in [5, 5.41) is 4.20. The van der Waals surface area contributed by atoms with Gasteiger partial charge in [0.15, 0.2) is 0 Å². The first-order valence-corrected chi connectivity index (χ1v) is 5.40. The molecule has 1 aliphatic rings. The second kappa shape index (κ2) is 3.10. The molecular weight excluding hydrogens is 230 g/mol. The van der Waals surface area contributed by atoms with E-state index in [1.165, 1.54) is 12.8 Å². The molecule has 0 atom stereocenters. The van der Waals surface area contributed by atoms with Gasteiger partial charge in [0.25, 0.3) is 0 Å². The highest BCUT2D eigenvalue weighted by Gasteiger charge is 2.34. The molecule has 0 radical (unpaired) electrons. The third-order valence-corrected chi connectivity index (χ3v) is 3.84. The van der Waals surface area contributed by atoms with Gasteiger partial charge in [0.05, 0.1) is 6.20 Å². The maximum Gasteiger partial charge on any atom is 0.108 e. The Morgan fingerprint density at radius 2 is 2.15 bits per heavy atom. The quantitative estimate of drug-likeness (QED) is 0.820. The van der Waals surface area contributed by atoms with Crippen molar-refractivity contribution in [1.29, 1.82) is 0 Å². The molecule has 4 heteroatoms. The smallest absolute Gasteiger partial charge is 0.108 e. The number of rotatable bonds is 1. The van der Waals surface area contributed by atoms with Gasteiger partial charge in [-0.3, -0.25) is 4.68 Å². The number of hydrogen-bond donors (Lipinski definition) is 1. The van der Waals surface area contributed by atoms with Crippen molar-refractivity contribution < 1.29 is 0 Å². The van der Waals surface area contributed by atoms with E-state index in [0.29, 0.717) is 0 Å². The van der Waals surface area contributed by atoms with Crippen LogP contribution < -0.4 is 5.73 Å². The molecule has 0 spiro atoms. The third-order valence-electron chi connectivity index (χ3n) is 2.90. The summed E-state index contributed by atoms with van der Waals surface area (Å²) in [6.45, 7) is 0. The fraction of sp³-hybridized carbons (Fsp3) is 0.667. The number of hydrogen-bond acceptors (Lipinski definition) is 2. The second-order valence-corrected chi connectivity index (χ2v) is 4.59. The van der Waals surface area contributed by atoms with Crippen molar-refractivity contribution >= 4 is 15.9 Å². The molecule has 0 saturated heterocycles. The van der Waals surface area contributed by atoms with Gasteiger partial charge in [0, 0.05) is 18.2 Å². The summed E-state index contributed by atoms with van der Waals surface area (Å²) in [6, 6.07) is 0. The van der Waals surface area contributed by atoms with Crippen LogP contribution in [0.4, 0.5) is 0 Å². The summed E-state index contributed by atoms with van der Waals surface area (Å²) in [4.78, 5) is 0. The van der Waals surface area contributed by atoms with E-state index >= 15 is 0 Å². The van der Waals surface area contributed by atoms with Crippen LogP contribution in [0, 0.1) is 0 Å². The Hall–Kier alpha value is -0.350. The zero-order valence-electron chi connectivity index (χ0n) is 7.76. The van der Waals surface area contributed by atoms with Crippen LogP contribution in [0.3, 0.4) is 0 Å². The van der Waals surface area contributed by atoms with Gasteiger partial charge in [-0.2, -0.15) is 5.10 Å². The third kappa shape index (κ3) is 1.42. The number of nitrogens with zero attached hydrogens (tertiary/aromatic N) is 2. The first-order valence-electron chi connectivity index (χ1n) is 4.60. The Morgan fingerprint density at radius 3 is 2.62 bits per heavy atom. The zero-order valence-corrected chi connectivity index (χ0v) is 9.34. The lowest BCUT2D eigenvalue weighted by Crippen LogP contribution is -2.33. The topological polar surface area (TPSA) is 43.8 Å². The minimum absolute atomic E-state index is 0.132. The number of aromatic nitrogens is 2. The van der Waals surface area contributed by atoms with E-state index in [9.17, 15) is 0 Å². The summed E-state index contributed by atoms with van der Waals surface area (Å²) in [5.41, 5.74) is 7.34. The zero-order chi connectivity index (χ0) is 9.47. The Balaban J connectivity index is 2.39. The van der Waals surface area contributed by atoms with E-state index in [0.717, 1.165) is 23.0 Å². The van der Waals surface area contributed by atoms with Crippen LogP contribution in [0.25, 0.3) is 0 Å². The van der Waals surface area contributed by atoms with E-state index in [2.05, 4.69) is 21.0 Å². The molecule has 1 aromatic rings. The summed E-state index contributed by atoms with van der Waals surface area (Å²) in [6.07, 6.45) is 6.51. The predicted octanol–water partition coefficient (Wildman–Crippen LogP) is 1.91. The first kappa shape index (κ1) is 9.21. The Kier molecular flexibility index (Phi) is 2.20. The van der Waals surface area contributed by atoms with Crippen molar-refractivity contribution in [3.05, 3.63) is 16.4 Å². The van der Waals surface area contributed by atoms with E-state index in [1.807, 2.05) is 17.9 Å². The Morgan fingerprint density at radius 1 is 1.54 bits per heavy atom. The van der Waals surface area contributed by atoms with Crippen molar-refractivity contribution in [3.8, 4) is 0 Å². The monoisotopic (exact) mass is 243 g/mol. The summed E-state index contributed by atoms with van der Waals surface area (Å²) >= 11 is 3.52. The normalized spacial score (nSPS) is 20.8. The molecule has 2 N–H and O–H groups in total. The van der Waals surface area contributed by atoms with Crippen LogP contribution in [-0.4, -0.2) is 9.78 Å². The van der Waals surface area contributed by atoms with Gasteiger partial charge in [0.1, 0.15) is 4.60 Å². The Labute approximate surface area is 86.4 Å². The van der Waals surface area contributed by atoms with Crippen molar-refractivity contribution in [1.82, 2.24) is 9.78 Å². The van der Waals surface area contributed by atoms with Crippen LogP contribution in [0.15, 0.2) is 10.8 Å². The number of nitrogens with two attached hydrogens (primary N) is 1. The molecule has 0 amide bonds. The highest BCUT2D eigenvalue weighted by Crippen LogP contribution is 2.39. The lowest BCUT2D eigenvalue weighted by molar-refractivity contribution is 0.458. The van der Waals surface area contributed by atoms with Crippen LogP contribution in [0.2, 0.25) is 0 Å². The molecule has 1 saturated carbocycles. The van der Waals surface area contributed by atoms with Gasteiger partial charge in [-0.25, -0.2) is 0 Å². The van der Waals surface area contributed by atoms with E-state index < -0.39 is 0 Å². The minimum Gasteiger partial charge on any atom is -0.321 e. The standard InChI is InChI=1S/C9H14BrN3/c1-13-8(10)7(6-12-13)9(11)4-2-3-5-9/h6H,2-5,11H2,1H3. The largest absolute Gasteiger partial charge is 0.321 e. The number of aryl methyl sites for hydroxylation is 1. The average molecular weight is 244 g/mol. The van der Waals surface area contributed by atoms with Gasteiger partial charge in [-0.1, -0.05) is 12.8 Å². The summed E-state index contributed by atoms with van der Waals surface area (Å²) in [7, 11) is 1.92. The van der Waals surface area contributed by atoms with Crippen LogP contribution in [0.5, 0.6) is 0 Å². The number of halogens is 1. The lowest BCUT2D eigenvalue weighted by Gasteiger charge is -2.22. The molecule has 1 aromatic heterocycles. The fourth-order valence-electron chi connectivity index (χ4n) is 2.03. The van der Waals surface area contributed by atoms with Crippen molar-refractivity contribution in [2.75, 3.05) is 0 Å². The molecule has 0 unspecified atom stereocenters. The molecule has 1 heterocycles. The molecule has 0 bridgehead atoms. The molecule has 0 aromatic carbocycles. The van der Waals surface area contributed by atoms with E-state index in [4.69, 9.17) is 5.73 Å². The van der Waals surface area contributed by atoms with E-state index in [-0.39, 0.29) is 5.54 Å². The summed E-state index contributed by atoms with van der Waals surface area (Å²) < 4.78 is 2.85. The molecule has 13 heavy (non-hydrogen) atoms.